The van der Waals surface area contributed by atoms with E-state index in [2.05, 4.69) is 6.07 Å². The summed E-state index contributed by atoms with van der Waals surface area (Å²) < 4.78 is 0. The van der Waals surface area contributed by atoms with Crippen molar-refractivity contribution in [2.45, 2.75) is 6.10 Å². The van der Waals surface area contributed by atoms with Crippen LogP contribution in [0.5, 0.6) is 0 Å². The summed E-state index contributed by atoms with van der Waals surface area (Å²) in [6.07, 6.45) is -0.401. The first-order valence-corrected chi connectivity index (χ1v) is 9.25. The highest BCUT2D eigenvalue weighted by atomic mass is 16.3. The first-order valence-electron chi connectivity index (χ1n) is 9.25. The highest BCUT2D eigenvalue weighted by Gasteiger charge is 2.29. The fraction of sp³-hybridized carbons (Fsp3) is 0.217. The molecule has 2 amide bonds. The molecule has 28 heavy (non-hydrogen) atoms. The molecule has 3 aromatic rings. The summed E-state index contributed by atoms with van der Waals surface area (Å²) in [6.45, 7) is 0.801. The molecule has 4 rings (SSSR count). The molecule has 5 heteroatoms. The highest BCUT2D eigenvalue weighted by molar-refractivity contribution is 6.00. The van der Waals surface area contributed by atoms with Crippen LogP contribution in [0.2, 0.25) is 0 Å². The van der Waals surface area contributed by atoms with E-state index >= 15 is 0 Å². The first-order chi connectivity index (χ1) is 13.4. The lowest BCUT2D eigenvalue weighted by Gasteiger charge is -2.35. The molecule has 0 aliphatic carbocycles. The molecule has 0 bridgehead atoms. The molecular weight excluding hydrogens is 352 g/mol. The molecule has 1 aliphatic heterocycles. The topological polar surface area (TPSA) is 60.9 Å². The van der Waals surface area contributed by atoms with Gasteiger partial charge in [-0.05, 0) is 52.2 Å². The molecule has 5 nitrogen and oxygen atoms in total. The van der Waals surface area contributed by atoms with Gasteiger partial charge in [0, 0.05) is 38.3 Å². The first kappa shape index (κ1) is 18.2. The van der Waals surface area contributed by atoms with Crippen LogP contribution < -0.4 is 0 Å². The summed E-state index contributed by atoms with van der Waals surface area (Å²) in [5.74, 6) is -0.0759. The lowest BCUT2D eigenvalue weighted by Crippen LogP contribution is -2.53. The number of rotatable bonds is 3. The van der Waals surface area contributed by atoms with E-state index in [4.69, 9.17) is 0 Å². The number of benzene rings is 3. The molecule has 0 radical (unpaired) electrons. The molecule has 1 fully saturated rings. The Balaban J connectivity index is 1.64. The quantitative estimate of drug-likeness (QED) is 0.767. The number of nitrogens with zero attached hydrogens (tertiary/aromatic N) is 2. The van der Waals surface area contributed by atoms with E-state index in [1.54, 1.807) is 23.9 Å². The van der Waals surface area contributed by atoms with Gasteiger partial charge in [-0.2, -0.15) is 0 Å². The van der Waals surface area contributed by atoms with Crippen LogP contribution in [-0.2, 0) is 0 Å². The number of hydrogen-bond donors (Lipinski definition) is 1. The van der Waals surface area contributed by atoms with Crippen LogP contribution in [0.25, 0.3) is 21.9 Å². The molecule has 142 valence electrons. The summed E-state index contributed by atoms with van der Waals surface area (Å²) in [5.41, 5.74) is 3.28. The van der Waals surface area contributed by atoms with Gasteiger partial charge in [-0.25, -0.2) is 0 Å². The Morgan fingerprint density at radius 2 is 1.57 bits per heavy atom. The standard InChI is InChI=1S/C23H22N2O3/c1-24(2)22(27)19-5-3-4-15(11-19)16-6-7-18-12-20(9-8-17(18)10-16)23(28)25-13-21(26)14-25/h3-12,21,26H,13-14H2,1-2H3. The second-order valence-corrected chi connectivity index (χ2v) is 7.42. The molecule has 1 saturated heterocycles. The fourth-order valence-corrected chi connectivity index (χ4v) is 3.45. The second kappa shape index (κ2) is 7.09. The molecule has 0 unspecified atom stereocenters. The molecule has 0 saturated carbocycles. The van der Waals surface area contributed by atoms with E-state index in [1.807, 2.05) is 54.6 Å². The van der Waals surface area contributed by atoms with Crippen molar-refractivity contribution < 1.29 is 14.7 Å². The summed E-state index contributed by atoms with van der Waals surface area (Å²) in [5, 5.41) is 11.4. The summed E-state index contributed by atoms with van der Waals surface area (Å²) in [7, 11) is 3.48. The molecule has 1 heterocycles. The minimum atomic E-state index is -0.401. The van der Waals surface area contributed by atoms with Crippen molar-refractivity contribution in [1.82, 2.24) is 9.80 Å². The average Bonchev–Trinajstić information content (AvgIpc) is 2.69. The third-order valence-electron chi connectivity index (χ3n) is 5.09. The molecule has 0 spiro atoms. The lowest BCUT2D eigenvalue weighted by molar-refractivity contribution is 0.00591. The molecule has 3 aromatic carbocycles. The van der Waals surface area contributed by atoms with Gasteiger partial charge in [-0.1, -0.05) is 30.3 Å². The fourth-order valence-electron chi connectivity index (χ4n) is 3.45. The SMILES string of the molecule is CN(C)C(=O)c1cccc(-c2ccc3cc(C(=O)N4CC(O)C4)ccc3c2)c1. The number of likely N-dealkylation sites (tertiary alicyclic amines) is 1. The molecule has 0 aromatic heterocycles. The predicted octanol–water partition coefficient (Wildman–Crippen LogP) is 3.03. The third kappa shape index (κ3) is 3.37. The van der Waals surface area contributed by atoms with E-state index in [0.717, 1.165) is 21.9 Å². The van der Waals surface area contributed by atoms with Gasteiger partial charge >= 0.3 is 0 Å². The van der Waals surface area contributed by atoms with Crippen molar-refractivity contribution >= 4 is 22.6 Å². The van der Waals surface area contributed by atoms with E-state index in [1.165, 1.54) is 0 Å². The van der Waals surface area contributed by atoms with Crippen LogP contribution in [0.15, 0.2) is 60.7 Å². The van der Waals surface area contributed by atoms with Crippen molar-refractivity contribution in [2.75, 3.05) is 27.2 Å². The molecule has 1 N–H and O–H groups in total. The van der Waals surface area contributed by atoms with Gasteiger partial charge in [0.05, 0.1) is 6.10 Å². The number of carbonyl (C=O) groups is 2. The van der Waals surface area contributed by atoms with Gasteiger partial charge in [0.25, 0.3) is 11.8 Å². The van der Waals surface area contributed by atoms with Gasteiger partial charge in [0.1, 0.15) is 0 Å². The monoisotopic (exact) mass is 374 g/mol. The van der Waals surface area contributed by atoms with Crippen molar-refractivity contribution in [2.24, 2.45) is 0 Å². The van der Waals surface area contributed by atoms with E-state index in [9.17, 15) is 14.7 Å². The maximum atomic E-state index is 12.4. The van der Waals surface area contributed by atoms with Gasteiger partial charge in [-0.15, -0.1) is 0 Å². The Labute approximate surface area is 163 Å². The number of aliphatic hydroxyl groups excluding tert-OH is 1. The molecule has 0 atom stereocenters. The van der Waals surface area contributed by atoms with Crippen LogP contribution in [0.4, 0.5) is 0 Å². The smallest absolute Gasteiger partial charge is 0.254 e. The predicted molar refractivity (Wildman–Crippen MR) is 109 cm³/mol. The minimum Gasteiger partial charge on any atom is -0.389 e. The highest BCUT2D eigenvalue weighted by Crippen LogP contribution is 2.27. The number of hydrogen-bond acceptors (Lipinski definition) is 3. The number of fused-ring (bicyclic) bond motifs is 1. The van der Waals surface area contributed by atoms with Crippen molar-refractivity contribution in [3.05, 3.63) is 71.8 Å². The Morgan fingerprint density at radius 3 is 2.29 bits per heavy atom. The van der Waals surface area contributed by atoms with E-state index in [-0.39, 0.29) is 11.8 Å². The number of aliphatic hydroxyl groups is 1. The van der Waals surface area contributed by atoms with Gasteiger partial charge < -0.3 is 14.9 Å². The summed E-state index contributed by atoms with van der Waals surface area (Å²) in [4.78, 5) is 27.9. The normalized spacial score (nSPS) is 14.0. The summed E-state index contributed by atoms with van der Waals surface area (Å²) >= 11 is 0. The maximum absolute atomic E-state index is 12.4. The number of carbonyl (C=O) groups excluding carboxylic acids is 2. The van der Waals surface area contributed by atoms with E-state index in [0.29, 0.717) is 24.2 Å². The zero-order chi connectivity index (χ0) is 19.8. The van der Waals surface area contributed by atoms with Crippen LogP contribution in [0, 0.1) is 0 Å². The van der Waals surface area contributed by atoms with Crippen LogP contribution >= 0.6 is 0 Å². The van der Waals surface area contributed by atoms with Gasteiger partial charge in [0.15, 0.2) is 0 Å². The average molecular weight is 374 g/mol. The van der Waals surface area contributed by atoms with Crippen molar-refractivity contribution in [3.63, 3.8) is 0 Å². The lowest BCUT2D eigenvalue weighted by atomic mass is 9.98. The summed E-state index contributed by atoms with van der Waals surface area (Å²) in [6, 6.07) is 19.3. The Bertz CT molecular complexity index is 1070. The number of β-amino-alcohol motifs (C(OH)–C–C–N with tert-alkyl or cyclic N) is 1. The Hall–Kier alpha value is -3.18. The largest absolute Gasteiger partial charge is 0.389 e. The van der Waals surface area contributed by atoms with Gasteiger partial charge in [0.2, 0.25) is 0 Å². The van der Waals surface area contributed by atoms with Crippen molar-refractivity contribution in [3.8, 4) is 11.1 Å². The molecule has 1 aliphatic rings. The zero-order valence-corrected chi connectivity index (χ0v) is 15.9. The zero-order valence-electron chi connectivity index (χ0n) is 15.9. The van der Waals surface area contributed by atoms with Crippen LogP contribution in [-0.4, -0.2) is 60.0 Å². The molecular formula is C23H22N2O3. The minimum absolute atomic E-state index is 0.0260. The van der Waals surface area contributed by atoms with Crippen molar-refractivity contribution in [1.29, 1.82) is 0 Å². The number of amides is 2. The third-order valence-corrected chi connectivity index (χ3v) is 5.09. The second-order valence-electron chi connectivity index (χ2n) is 7.42. The van der Waals surface area contributed by atoms with Gasteiger partial charge in [-0.3, -0.25) is 9.59 Å². The van der Waals surface area contributed by atoms with E-state index < -0.39 is 6.10 Å². The Kier molecular flexibility index (Phi) is 4.61. The Morgan fingerprint density at radius 1 is 0.893 bits per heavy atom. The van der Waals surface area contributed by atoms with Crippen LogP contribution in [0.1, 0.15) is 20.7 Å². The maximum Gasteiger partial charge on any atom is 0.254 e. The van der Waals surface area contributed by atoms with Crippen LogP contribution in [0.3, 0.4) is 0 Å².